The van der Waals surface area contributed by atoms with Crippen LogP contribution >= 0.6 is 11.3 Å². The summed E-state index contributed by atoms with van der Waals surface area (Å²) in [7, 11) is -0.651. The highest BCUT2D eigenvalue weighted by atomic mass is 32.2. The van der Waals surface area contributed by atoms with Crippen molar-refractivity contribution in [3.8, 4) is 0 Å². The van der Waals surface area contributed by atoms with E-state index in [2.05, 4.69) is 4.98 Å². The Morgan fingerprint density at radius 1 is 1.30 bits per heavy atom. The molecule has 2 rings (SSSR count). The zero-order valence-electron chi connectivity index (χ0n) is 13.2. The first-order chi connectivity index (χ1) is 10.8. The van der Waals surface area contributed by atoms with Crippen LogP contribution in [0, 0.1) is 0 Å². The van der Waals surface area contributed by atoms with Crippen LogP contribution in [0.15, 0.2) is 46.9 Å². The number of carbonyl (C=O) groups excluding carboxylic acids is 1. The summed E-state index contributed by atoms with van der Waals surface area (Å²) in [6, 6.07) is 6.79. The lowest BCUT2D eigenvalue weighted by molar-refractivity contribution is -0.131. The van der Waals surface area contributed by atoms with Gasteiger partial charge in [-0.2, -0.15) is 4.31 Å². The largest absolute Gasteiger partial charge is 0.337 e. The van der Waals surface area contributed by atoms with E-state index >= 15 is 0 Å². The van der Waals surface area contributed by atoms with Crippen molar-refractivity contribution >= 4 is 27.3 Å². The van der Waals surface area contributed by atoms with Gasteiger partial charge in [-0.25, -0.2) is 8.42 Å². The third-order valence-corrected chi connectivity index (χ3v) is 6.46. The summed E-state index contributed by atoms with van der Waals surface area (Å²) >= 11 is 1.56. The van der Waals surface area contributed by atoms with Crippen molar-refractivity contribution in [3.05, 3.63) is 46.9 Å². The lowest BCUT2D eigenvalue weighted by Gasteiger charge is -2.26. The number of sulfonamides is 1. The molecule has 1 amide bonds. The third kappa shape index (κ3) is 3.95. The van der Waals surface area contributed by atoms with Gasteiger partial charge in [0.05, 0.1) is 12.6 Å². The van der Waals surface area contributed by atoms with Gasteiger partial charge < -0.3 is 4.90 Å². The number of nitrogens with zero attached hydrogens (tertiary/aromatic N) is 3. The van der Waals surface area contributed by atoms with Crippen LogP contribution in [0.25, 0.3) is 0 Å². The Morgan fingerprint density at radius 3 is 2.61 bits per heavy atom. The van der Waals surface area contributed by atoms with Crippen molar-refractivity contribution in [1.29, 1.82) is 0 Å². The van der Waals surface area contributed by atoms with Crippen LogP contribution in [0.4, 0.5) is 0 Å². The van der Waals surface area contributed by atoms with Gasteiger partial charge in [-0.1, -0.05) is 6.07 Å². The second kappa shape index (κ2) is 7.20. The zero-order valence-corrected chi connectivity index (χ0v) is 14.8. The lowest BCUT2D eigenvalue weighted by atomic mass is 10.2. The average Bonchev–Trinajstić information content (AvgIpc) is 3.08. The summed E-state index contributed by atoms with van der Waals surface area (Å²) < 4.78 is 25.9. The number of likely N-dealkylation sites (N-methyl/N-ethyl adjacent to an activating group) is 2. The molecular formula is C15H19N3O3S2. The fraction of sp³-hybridized carbons (Fsp3) is 0.333. The van der Waals surface area contributed by atoms with Gasteiger partial charge in [0.1, 0.15) is 4.90 Å². The molecule has 124 valence electrons. The van der Waals surface area contributed by atoms with Crippen LogP contribution in [0.3, 0.4) is 0 Å². The molecule has 0 radical (unpaired) electrons. The summed E-state index contributed by atoms with van der Waals surface area (Å²) in [5.41, 5.74) is 0. The molecule has 0 saturated carbocycles. The number of thiophene rings is 1. The normalized spacial score (nSPS) is 13.0. The fourth-order valence-corrected chi connectivity index (χ4v) is 3.91. The predicted molar refractivity (Wildman–Crippen MR) is 89.6 cm³/mol. The highest BCUT2D eigenvalue weighted by molar-refractivity contribution is 7.89. The highest BCUT2D eigenvalue weighted by Crippen LogP contribution is 2.23. The molecule has 0 aliphatic carbocycles. The second-order valence-corrected chi connectivity index (χ2v) is 8.17. The molecule has 0 saturated heterocycles. The van der Waals surface area contributed by atoms with E-state index in [1.165, 1.54) is 25.5 Å². The van der Waals surface area contributed by atoms with Crippen LogP contribution < -0.4 is 0 Å². The standard InChI is InChI=1S/C15H19N3O3S2/c1-12(14-7-5-9-22-14)18(3)15(19)11-17(2)23(20,21)13-6-4-8-16-10-13/h4-10,12H,11H2,1-3H3. The van der Waals surface area contributed by atoms with Crippen molar-refractivity contribution in [3.63, 3.8) is 0 Å². The quantitative estimate of drug-likeness (QED) is 0.796. The molecule has 0 fully saturated rings. The zero-order chi connectivity index (χ0) is 17.0. The molecule has 0 spiro atoms. The number of rotatable bonds is 6. The maximum atomic E-state index is 12.4. The van der Waals surface area contributed by atoms with Gasteiger partial charge in [0.2, 0.25) is 15.9 Å². The van der Waals surface area contributed by atoms with E-state index in [4.69, 9.17) is 0 Å². The van der Waals surface area contributed by atoms with Crippen LogP contribution in [0.1, 0.15) is 17.8 Å². The molecular weight excluding hydrogens is 334 g/mol. The maximum absolute atomic E-state index is 12.4. The van der Waals surface area contributed by atoms with E-state index in [1.54, 1.807) is 29.4 Å². The minimum absolute atomic E-state index is 0.0734. The molecule has 0 aliphatic heterocycles. The molecule has 0 aromatic carbocycles. The Balaban J connectivity index is 2.07. The topological polar surface area (TPSA) is 70.6 Å². The fourth-order valence-electron chi connectivity index (χ4n) is 2.00. The number of aromatic nitrogens is 1. The molecule has 1 unspecified atom stereocenters. The third-order valence-electron chi connectivity index (χ3n) is 3.63. The molecule has 0 bridgehead atoms. The van der Waals surface area contributed by atoms with Gasteiger partial charge in [-0.15, -0.1) is 11.3 Å². The van der Waals surface area contributed by atoms with Crippen LogP contribution in [0.5, 0.6) is 0 Å². The average molecular weight is 353 g/mol. The van der Waals surface area contributed by atoms with E-state index in [1.807, 2.05) is 24.4 Å². The molecule has 2 aromatic rings. The molecule has 1 atom stereocenters. The van der Waals surface area contributed by atoms with Crippen molar-refractivity contribution in [2.24, 2.45) is 0 Å². The summed E-state index contributed by atoms with van der Waals surface area (Å²) in [6.07, 6.45) is 2.77. The Morgan fingerprint density at radius 2 is 2.04 bits per heavy atom. The predicted octanol–water partition coefficient (Wildman–Crippen LogP) is 1.98. The Hall–Kier alpha value is -1.77. The number of amides is 1. The van der Waals surface area contributed by atoms with E-state index in [0.29, 0.717) is 0 Å². The smallest absolute Gasteiger partial charge is 0.244 e. The van der Waals surface area contributed by atoms with Gasteiger partial charge in [0, 0.05) is 31.4 Å². The summed E-state index contributed by atoms with van der Waals surface area (Å²) in [4.78, 5) is 18.9. The monoisotopic (exact) mass is 353 g/mol. The van der Waals surface area contributed by atoms with Crippen molar-refractivity contribution in [1.82, 2.24) is 14.2 Å². The van der Waals surface area contributed by atoms with Crippen molar-refractivity contribution in [2.75, 3.05) is 20.6 Å². The molecule has 23 heavy (non-hydrogen) atoms. The first-order valence-corrected chi connectivity index (χ1v) is 9.31. The number of hydrogen-bond donors (Lipinski definition) is 0. The van der Waals surface area contributed by atoms with E-state index in [-0.39, 0.29) is 23.4 Å². The SMILES string of the molecule is CC(c1cccs1)N(C)C(=O)CN(C)S(=O)(=O)c1cccnc1. The first kappa shape index (κ1) is 17.6. The van der Waals surface area contributed by atoms with E-state index < -0.39 is 10.0 Å². The van der Waals surface area contributed by atoms with Gasteiger partial charge in [-0.05, 0) is 30.5 Å². The van der Waals surface area contributed by atoms with Gasteiger partial charge >= 0.3 is 0 Å². The second-order valence-electron chi connectivity index (χ2n) is 5.15. The molecule has 0 aliphatic rings. The van der Waals surface area contributed by atoms with Crippen LogP contribution in [-0.2, 0) is 14.8 Å². The maximum Gasteiger partial charge on any atom is 0.244 e. The molecule has 6 nitrogen and oxygen atoms in total. The first-order valence-electron chi connectivity index (χ1n) is 6.99. The lowest BCUT2D eigenvalue weighted by Crippen LogP contribution is -2.40. The van der Waals surface area contributed by atoms with E-state index in [9.17, 15) is 13.2 Å². The van der Waals surface area contributed by atoms with Crippen molar-refractivity contribution in [2.45, 2.75) is 17.9 Å². The minimum atomic E-state index is -3.72. The van der Waals surface area contributed by atoms with Crippen LogP contribution in [0.2, 0.25) is 0 Å². The van der Waals surface area contributed by atoms with E-state index in [0.717, 1.165) is 9.18 Å². The minimum Gasteiger partial charge on any atom is -0.337 e. The van der Waals surface area contributed by atoms with Gasteiger partial charge in [0.15, 0.2) is 0 Å². The Labute approximate surface area is 140 Å². The highest BCUT2D eigenvalue weighted by Gasteiger charge is 2.26. The van der Waals surface area contributed by atoms with Crippen LogP contribution in [-0.4, -0.2) is 49.2 Å². The Bertz CT molecular complexity index is 746. The Kier molecular flexibility index (Phi) is 5.51. The summed E-state index contributed by atoms with van der Waals surface area (Å²) in [5, 5.41) is 1.95. The molecule has 8 heteroatoms. The number of carbonyl (C=O) groups is 1. The van der Waals surface area contributed by atoms with Crippen molar-refractivity contribution < 1.29 is 13.2 Å². The van der Waals surface area contributed by atoms with Gasteiger partial charge in [-0.3, -0.25) is 9.78 Å². The molecule has 2 aromatic heterocycles. The molecule has 0 N–H and O–H groups in total. The van der Waals surface area contributed by atoms with Gasteiger partial charge in [0.25, 0.3) is 0 Å². The molecule has 2 heterocycles. The number of pyridine rings is 1. The summed E-state index contributed by atoms with van der Waals surface area (Å²) in [6.45, 7) is 1.70. The summed E-state index contributed by atoms with van der Waals surface area (Å²) in [5.74, 6) is -0.263. The number of hydrogen-bond acceptors (Lipinski definition) is 5.